The predicted octanol–water partition coefficient (Wildman–Crippen LogP) is 0.470. The minimum Gasteiger partial charge on any atom is -0.423 e. The molecule has 0 radical (unpaired) electrons. The Morgan fingerprint density at radius 1 is 1.59 bits per heavy atom. The number of amides is 1. The van der Waals surface area contributed by atoms with Crippen molar-refractivity contribution in [3.63, 3.8) is 0 Å². The third-order valence-electron chi connectivity index (χ3n) is 2.48. The quantitative estimate of drug-likeness (QED) is 0.404. The molecule has 1 fully saturated rings. The van der Waals surface area contributed by atoms with Gasteiger partial charge in [-0.2, -0.15) is 0 Å². The summed E-state index contributed by atoms with van der Waals surface area (Å²) in [5, 5.41) is 10.7. The number of hydrogen-bond acceptors (Lipinski definition) is 5. The highest BCUT2D eigenvalue weighted by Crippen LogP contribution is 2.31. The summed E-state index contributed by atoms with van der Waals surface area (Å²) in [6, 6.07) is -1.69. The van der Waals surface area contributed by atoms with Gasteiger partial charge in [0.25, 0.3) is 0 Å². The van der Waals surface area contributed by atoms with Crippen LogP contribution >= 0.6 is 0 Å². The third-order valence-corrected chi connectivity index (χ3v) is 2.48. The van der Waals surface area contributed by atoms with E-state index in [1.165, 1.54) is 13.0 Å². The zero-order valence-corrected chi connectivity index (χ0v) is 9.08. The van der Waals surface area contributed by atoms with Gasteiger partial charge >= 0.3 is 17.9 Å². The lowest BCUT2D eigenvalue weighted by Crippen LogP contribution is -2.35. The fourth-order valence-electron chi connectivity index (χ4n) is 1.47. The highest BCUT2D eigenvalue weighted by atomic mass is 16.6. The van der Waals surface area contributed by atoms with Crippen LogP contribution in [0.15, 0.2) is 16.8 Å². The second-order valence-electron chi connectivity index (χ2n) is 4.02. The van der Waals surface area contributed by atoms with E-state index in [4.69, 9.17) is 4.74 Å². The molecule has 17 heavy (non-hydrogen) atoms. The van der Waals surface area contributed by atoms with Gasteiger partial charge in [0.1, 0.15) is 0 Å². The topological polar surface area (TPSA) is 98.9 Å². The van der Waals surface area contributed by atoms with Crippen LogP contribution in [0.2, 0.25) is 0 Å². The molecule has 90 valence electrons. The van der Waals surface area contributed by atoms with Crippen molar-refractivity contribution in [1.82, 2.24) is 0 Å². The number of aliphatic imine (C=N–C) groups is 1. The highest BCUT2D eigenvalue weighted by Gasteiger charge is 2.41. The minimum atomic E-state index is -1.69. The molecule has 1 atom stereocenters. The number of carbonyl (C=O) groups is 2. The van der Waals surface area contributed by atoms with Crippen LogP contribution in [0.5, 0.6) is 0 Å². The van der Waals surface area contributed by atoms with E-state index in [2.05, 4.69) is 4.99 Å². The monoisotopic (exact) mass is 238 g/mol. The maximum absolute atomic E-state index is 11.4. The van der Waals surface area contributed by atoms with E-state index in [1.54, 1.807) is 0 Å². The second-order valence-corrected chi connectivity index (χ2v) is 4.02. The lowest BCUT2D eigenvalue weighted by Gasteiger charge is -2.14. The fourth-order valence-corrected chi connectivity index (χ4v) is 1.47. The van der Waals surface area contributed by atoms with Gasteiger partial charge in [-0.3, -0.25) is 19.7 Å². The Balaban J connectivity index is 2.20. The maximum Gasteiger partial charge on any atom is 0.348 e. The van der Waals surface area contributed by atoms with Crippen LogP contribution in [0.1, 0.15) is 19.8 Å². The molecule has 7 nitrogen and oxygen atoms in total. The van der Waals surface area contributed by atoms with E-state index in [9.17, 15) is 19.7 Å². The van der Waals surface area contributed by atoms with Crippen LogP contribution in [0.3, 0.4) is 0 Å². The fraction of sp³-hybridized carbons (Fsp3) is 0.500. The van der Waals surface area contributed by atoms with Crippen LogP contribution in [-0.2, 0) is 14.3 Å². The first kappa shape index (κ1) is 11.4. The van der Waals surface area contributed by atoms with Crippen LogP contribution in [-0.4, -0.2) is 28.6 Å². The van der Waals surface area contributed by atoms with Crippen LogP contribution in [0, 0.1) is 16.0 Å². The molecule has 0 N–H and O–H groups in total. The van der Waals surface area contributed by atoms with Crippen molar-refractivity contribution >= 4 is 17.6 Å². The molecule has 0 saturated heterocycles. The van der Waals surface area contributed by atoms with Crippen LogP contribution < -0.4 is 0 Å². The average Bonchev–Trinajstić information content (AvgIpc) is 2.97. The number of allylic oxidation sites excluding steroid dienone is 1. The first-order valence-corrected chi connectivity index (χ1v) is 5.15. The predicted molar refractivity (Wildman–Crippen MR) is 55.8 cm³/mol. The normalized spacial score (nSPS) is 23.8. The molecule has 1 amide bonds. The number of nitro groups is 1. The Morgan fingerprint density at radius 2 is 2.24 bits per heavy atom. The SMILES string of the molecule is CC1=NC(=O)C([N+](=O)[O-])C(OC(=O)C2CC2)=C1. The molecule has 1 aliphatic carbocycles. The van der Waals surface area contributed by atoms with Gasteiger partial charge in [-0.15, -0.1) is 0 Å². The van der Waals surface area contributed by atoms with Crippen molar-refractivity contribution in [2.75, 3.05) is 0 Å². The van der Waals surface area contributed by atoms with Crippen molar-refractivity contribution in [3.8, 4) is 0 Å². The Labute approximate surface area is 96.3 Å². The molecule has 2 rings (SSSR count). The Kier molecular flexibility index (Phi) is 2.74. The molecule has 2 aliphatic rings. The molecule has 1 saturated carbocycles. The molecule has 1 heterocycles. The zero-order valence-electron chi connectivity index (χ0n) is 9.08. The molecule has 7 heteroatoms. The van der Waals surface area contributed by atoms with E-state index < -0.39 is 22.8 Å². The van der Waals surface area contributed by atoms with E-state index >= 15 is 0 Å². The summed E-state index contributed by atoms with van der Waals surface area (Å²) in [5.41, 5.74) is 0.298. The Hall–Kier alpha value is -2.05. The lowest BCUT2D eigenvalue weighted by atomic mass is 10.1. The smallest absolute Gasteiger partial charge is 0.348 e. The summed E-state index contributed by atoms with van der Waals surface area (Å²) < 4.78 is 4.91. The lowest BCUT2D eigenvalue weighted by molar-refractivity contribution is -0.501. The van der Waals surface area contributed by atoms with Crippen molar-refractivity contribution in [1.29, 1.82) is 0 Å². The van der Waals surface area contributed by atoms with Gasteiger partial charge in [-0.1, -0.05) is 0 Å². The molecule has 0 bridgehead atoms. The number of carbonyl (C=O) groups excluding carboxylic acids is 2. The highest BCUT2D eigenvalue weighted by molar-refractivity contribution is 6.06. The van der Waals surface area contributed by atoms with Crippen molar-refractivity contribution in [2.24, 2.45) is 10.9 Å². The molecule has 1 unspecified atom stereocenters. The summed E-state index contributed by atoms with van der Waals surface area (Å²) >= 11 is 0. The van der Waals surface area contributed by atoms with Gasteiger partial charge in [0.05, 0.1) is 5.92 Å². The maximum atomic E-state index is 11.4. The Morgan fingerprint density at radius 3 is 2.76 bits per heavy atom. The number of rotatable bonds is 3. The Bertz CT molecular complexity index is 461. The first-order chi connectivity index (χ1) is 7.99. The molecular weight excluding hydrogens is 228 g/mol. The third kappa shape index (κ3) is 2.38. The molecule has 1 aliphatic heterocycles. The standard InChI is InChI=1S/C10H10N2O5/c1-5-4-7(17-10(14)6-2-3-6)8(12(15)16)9(13)11-5/h4,6,8H,2-3H2,1H3. The molecular formula is C10H10N2O5. The van der Waals surface area contributed by atoms with Gasteiger partial charge in [0.15, 0.2) is 5.76 Å². The summed E-state index contributed by atoms with van der Waals surface area (Å²) in [5.74, 6) is -1.83. The summed E-state index contributed by atoms with van der Waals surface area (Å²) in [4.78, 5) is 36.2. The number of hydrogen-bond donors (Lipinski definition) is 0. The van der Waals surface area contributed by atoms with Gasteiger partial charge in [-0.05, 0) is 19.8 Å². The molecule has 0 spiro atoms. The van der Waals surface area contributed by atoms with Crippen molar-refractivity contribution < 1.29 is 19.2 Å². The minimum absolute atomic E-state index is 0.183. The van der Waals surface area contributed by atoms with Crippen molar-refractivity contribution in [3.05, 3.63) is 21.9 Å². The molecule has 0 aromatic rings. The van der Waals surface area contributed by atoms with Gasteiger partial charge < -0.3 is 4.74 Å². The van der Waals surface area contributed by atoms with Gasteiger partial charge in [0, 0.05) is 16.7 Å². The van der Waals surface area contributed by atoms with Crippen LogP contribution in [0.25, 0.3) is 0 Å². The van der Waals surface area contributed by atoms with Crippen molar-refractivity contribution in [2.45, 2.75) is 25.8 Å². The molecule has 0 aromatic heterocycles. The number of ether oxygens (including phenoxy) is 1. The van der Waals surface area contributed by atoms with E-state index in [1.807, 2.05) is 0 Å². The van der Waals surface area contributed by atoms with E-state index in [0.29, 0.717) is 5.71 Å². The van der Waals surface area contributed by atoms with E-state index in [0.717, 1.165) is 12.8 Å². The van der Waals surface area contributed by atoms with E-state index in [-0.39, 0.29) is 11.7 Å². The number of esters is 1. The average molecular weight is 238 g/mol. The van der Waals surface area contributed by atoms with Crippen LogP contribution in [0.4, 0.5) is 0 Å². The second kappa shape index (κ2) is 4.08. The largest absolute Gasteiger partial charge is 0.423 e. The summed E-state index contributed by atoms with van der Waals surface area (Å²) in [6.45, 7) is 1.51. The number of nitrogens with zero attached hydrogens (tertiary/aromatic N) is 2. The number of dihydropyridines is 1. The van der Waals surface area contributed by atoms with Gasteiger partial charge in [-0.25, -0.2) is 4.99 Å². The summed E-state index contributed by atoms with van der Waals surface area (Å²) in [6.07, 6.45) is 2.72. The molecule has 0 aromatic carbocycles. The summed E-state index contributed by atoms with van der Waals surface area (Å²) in [7, 11) is 0. The first-order valence-electron chi connectivity index (χ1n) is 5.15. The van der Waals surface area contributed by atoms with Gasteiger partial charge in [0.2, 0.25) is 0 Å². The zero-order chi connectivity index (χ0) is 12.6.